The van der Waals surface area contributed by atoms with E-state index in [4.69, 9.17) is 16.3 Å². The summed E-state index contributed by atoms with van der Waals surface area (Å²) in [6.45, 7) is 3.85. The van der Waals surface area contributed by atoms with E-state index in [1.807, 2.05) is 38.1 Å². The highest BCUT2D eigenvalue weighted by Gasteiger charge is 2.17. The number of hydrogen-bond donors (Lipinski definition) is 1. The minimum Gasteiger partial charge on any atom is -0.455 e. The number of fused-ring (bicyclic) bond motifs is 1. The minimum absolute atomic E-state index is 0.00283. The van der Waals surface area contributed by atoms with Gasteiger partial charge in [-0.05, 0) is 50.2 Å². The van der Waals surface area contributed by atoms with Gasteiger partial charge in [0.2, 0.25) is 5.82 Å². The first-order valence-electron chi connectivity index (χ1n) is 8.53. The van der Waals surface area contributed by atoms with Gasteiger partial charge in [0.1, 0.15) is 5.75 Å². The van der Waals surface area contributed by atoms with Crippen LogP contribution in [0.1, 0.15) is 21.9 Å². The fourth-order valence-electron chi connectivity index (χ4n) is 2.60. The van der Waals surface area contributed by atoms with Crippen molar-refractivity contribution in [1.82, 2.24) is 19.6 Å². The molecule has 0 atom stereocenters. The molecule has 1 N–H and O–H groups in total. The Balaban J connectivity index is 1.62. The largest absolute Gasteiger partial charge is 0.455 e. The van der Waals surface area contributed by atoms with Gasteiger partial charge < -0.3 is 10.1 Å². The molecule has 0 spiro atoms. The van der Waals surface area contributed by atoms with E-state index in [0.717, 1.165) is 11.3 Å². The molecule has 0 unspecified atom stereocenters. The first-order chi connectivity index (χ1) is 13.5. The molecule has 2 aromatic carbocycles. The van der Waals surface area contributed by atoms with Gasteiger partial charge in [0.25, 0.3) is 11.7 Å². The summed E-state index contributed by atoms with van der Waals surface area (Å²) in [6, 6.07) is 14.4. The van der Waals surface area contributed by atoms with Crippen molar-refractivity contribution in [1.29, 1.82) is 0 Å². The molecule has 2 heterocycles. The summed E-state index contributed by atoms with van der Waals surface area (Å²) in [5.74, 6) is 0.977. The Morgan fingerprint density at radius 1 is 1.11 bits per heavy atom. The zero-order valence-electron chi connectivity index (χ0n) is 15.2. The third kappa shape index (κ3) is 3.65. The number of anilines is 1. The van der Waals surface area contributed by atoms with E-state index in [-0.39, 0.29) is 5.82 Å². The molecule has 0 aliphatic carbocycles. The molecule has 1 amide bonds. The van der Waals surface area contributed by atoms with Crippen molar-refractivity contribution in [3.05, 3.63) is 76.8 Å². The maximum atomic E-state index is 12.7. The van der Waals surface area contributed by atoms with Crippen molar-refractivity contribution in [2.75, 3.05) is 5.32 Å². The van der Waals surface area contributed by atoms with Crippen LogP contribution in [-0.4, -0.2) is 25.5 Å². The van der Waals surface area contributed by atoms with Crippen LogP contribution in [0.5, 0.6) is 11.5 Å². The molecule has 28 heavy (non-hydrogen) atoms. The molecule has 0 bridgehead atoms. The van der Waals surface area contributed by atoms with Gasteiger partial charge in [0.05, 0.1) is 5.69 Å². The Morgan fingerprint density at radius 3 is 2.64 bits per heavy atom. The molecule has 2 aromatic heterocycles. The highest BCUT2D eigenvalue weighted by Crippen LogP contribution is 2.32. The number of ether oxygens (including phenoxy) is 1. The highest BCUT2D eigenvalue weighted by atomic mass is 35.5. The van der Waals surface area contributed by atoms with Gasteiger partial charge in [-0.3, -0.25) is 4.79 Å². The number of hydrogen-bond acceptors (Lipinski definition) is 5. The van der Waals surface area contributed by atoms with Gasteiger partial charge in [-0.1, -0.05) is 29.3 Å². The van der Waals surface area contributed by atoms with E-state index < -0.39 is 5.91 Å². The van der Waals surface area contributed by atoms with Crippen LogP contribution >= 0.6 is 11.6 Å². The third-order valence-corrected chi connectivity index (χ3v) is 4.31. The minimum atomic E-state index is -0.485. The molecule has 0 aliphatic rings. The summed E-state index contributed by atoms with van der Waals surface area (Å²) < 4.78 is 7.41. The topological polar surface area (TPSA) is 81.4 Å². The number of halogens is 1. The predicted octanol–water partition coefficient (Wildman–Crippen LogP) is 4.44. The number of nitrogens with one attached hydrogen (secondary N) is 1. The zero-order chi connectivity index (χ0) is 19.7. The maximum Gasteiger partial charge on any atom is 0.295 e. The van der Waals surface area contributed by atoms with Crippen LogP contribution in [-0.2, 0) is 0 Å². The number of carbonyl (C=O) groups is 1. The molecule has 7 nitrogen and oxygen atoms in total. The van der Waals surface area contributed by atoms with Crippen LogP contribution in [0.15, 0.2) is 54.7 Å². The molecule has 8 heteroatoms. The second kappa shape index (κ2) is 7.28. The number of rotatable bonds is 4. The van der Waals surface area contributed by atoms with Crippen molar-refractivity contribution >= 4 is 29.0 Å². The standard InChI is InChI=1S/C20H16ClN5O2/c1-12-3-6-15(7-4-12)28-17-8-5-14(21)11-16(17)23-19(27)18-24-20-22-10-9-13(2)26(20)25-18/h3-11H,1-2H3,(H,23,27). The SMILES string of the molecule is Cc1ccc(Oc2ccc(Cl)cc2NC(=O)c2nc3nccc(C)n3n2)cc1. The van der Waals surface area contributed by atoms with Crippen LogP contribution in [0.2, 0.25) is 5.02 Å². The molecular weight excluding hydrogens is 378 g/mol. The Hall–Kier alpha value is -3.45. The van der Waals surface area contributed by atoms with E-state index in [1.165, 1.54) is 4.52 Å². The number of benzene rings is 2. The molecule has 0 aliphatic heterocycles. The lowest BCUT2D eigenvalue weighted by Crippen LogP contribution is -2.14. The fraction of sp³-hybridized carbons (Fsp3) is 0.100. The van der Waals surface area contributed by atoms with Crippen LogP contribution in [0, 0.1) is 13.8 Å². The van der Waals surface area contributed by atoms with Gasteiger partial charge in [-0.2, -0.15) is 4.98 Å². The monoisotopic (exact) mass is 393 g/mol. The second-order valence-electron chi connectivity index (χ2n) is 6.24. The number of aryl methyl sites for hydroxylation is 2. The fourth-order valence-corrected chi connectivity index (χ4v) is 2.78. The van der Waals surface area contributed by atoms with Crippen molar-refractivity contribution < 1.29 is 9.53 Å². The number of aromatic nitrogens is 4. The second-order valence-corrected chi connectivity index (χ2v) is 6.68. The average molecular weight is 394 g/mol. The molecule has 4 rings (SSSR count). The van der Waals surface area contributed by atoms with Crippen molar-refractivity contribution in [3.8, 4) is 11.5 Å². The third-order valence-electron chi connectivity index (χ3n) is 4.07. The van der Waals surface area contributed by atoms with Crippen LogP contribution in [0.25, 0.3) is 5.78 Å². The zero-order valence-corrected chi connectivity index (χ0v) is 15.9. The number of amides is 1. The summed E-state index contributed by atoms with van der Waals surface area (Å²) in [6.07, 6.45) is 1.62. The first kappa shape index (κ1) is 17.9. The summed E-state index contributed by atoms with van der Waals surface area (Å²) in [5, 5.41) is 7.44. The van der Waals surface area contributed by atoms with Crippen molar-refractivity contribution in [3.63, 3.8) is 0 Å². The molecule has 0 radical (unpaired) electrons. The van der Waals surface area contributed by atoms with Crippen LogP contribution in [0.4, 0.5) is 5.69 Å². The Kier molecular flexibility index (Phi) is 4.67. The molecule has 4 aromatic rings. The molecule has 0 saturated heterocycles. The summed E-state index contributed by atoms with van der Waals surface area (Å²) >= 11 is 6.10. The van der Waals surface area contributed by atoms with Gasteiger partial charge in [-0.15, -0.1) is 5.10 Å². The first-order valence-corrected chi connectivity index (χ1v) is 8.91. The Labute approximate surface area is 166 Å². The summed E-state index contributed by atoms with van der Waals surface area (Å²) in [7, 11) is 0. The molecule has 0 saturated carbocycles. The van der Waals surface area contributed by atoms with Crippen LogP contribution < -0.4 is 10.1 Å². The highest BCUT2D eigenvalue weighted by molar-refractivity contribution is 6.31. The van der Waals surface area contributed by atoms with E-state index in [1.54, 1.807) is 30.5 Å². The number of nitrogens with zero attached hydrogens (tertiary/aromatic N) is 4. The van der Waals surface area contributed by atoms with Crippen molar-refractivity contribution in [2.24, 2.45) is 0 Å². The van der Waals surface area contributed by atoms with E-state index in [2.05, 4.69) is 20.4 Å². The van der Waals surface area contributed by atoms with Gasteiger partial charge >= 0.3 is 0 Å². The Morgan fingerprint density at radius 2 is 1.89 bits per heavy atom. The lowest BCUT2D eigenvalue weighted by molar-refractivity contribution is 0.101. The normalized spacial score (nSPS) is 10.8. The molecular formula is C20H16ClN5O2. The van der Waals surface area contributed by atoms with Gasteiger partial charge in [0.15, 0.2) is 5.75 Å². The van der Waals surface area contributed by atoms with Crippen LogP contribution in [0.3, 0.4) is 0 Å². The smallest absolute Gasteiger partial charge is 0.295 e. The average Bonchev–Trinajstić information content (AvgIpc) is 3.12. The lowest BCUT2D eigenvalue weighted by atomic mass is 10.2. The van der Waals surface area contributed by atoms with E-state index >= 15 is 0 Å². The van der Waals surface area contributed by atoms with Gasteiger partial charge in [0, 0.05) is 16.9 Å². The Bertz CT molecular complexity index is 1170. The maximum absolute atomic E-state index is 12.7. The summed E-state index contributed by atoms with van der Waals surface area (Å²) in [5.41, 5.74) is 2.36. The van der Waals surface area contributed by atoms with Crippen molar-refractivity contribution in [2.45, 2.75) is 13.8 Å². The molecule has 0 fully saturated rings. The lowest BCUT2D eigenvalue weighted by Gasteiger charge is -2.12. The van der Waals surface area contributed by atoms with E-state index in [9.17, 15) is 4.79 Å². The summed E-state index contributed by atoms with van der Waals surface area (Å²) in [4.78, 5) is 21.0. The van der Waals surface area contributed by atoms with Gasteiger partial charge in [-0.25, -0.2) is 9.50 Å². The predicted molar refractivity (Wildman–Crippen MR) is 106 cm³/mol. The molecule has 140 valence electrons. The quantitative estimate of drug-likeness (QED) is 0.554. The van der Waals surface area contributed by atoms with E-state index in [0.29, 0.717) is 28.0 Å². The number of carbonyl (C=O) groups excluding carboxylic acids is 1.